The van der Waals surface area contributed by atoms with Gasteiger partial charge in [-0.2, -0.15) is 0 Å². The van der Waals surface area contributed by atoms with Crippen LogP contribution in [0.5, 0.6) is 0 Å². The van der Waals surface area contributed by atoms with Crippen LogP contribution in [0, 0.1) is 24.4 Å². The van der Waals surface area contributed by atoms with Crippen LogP contribution in [-0.2, 0) is 6.42 Å². The van der Waals surface area contributed by atoms with E-state index in [4.69, 9.17) is 0 Å². The molecule has 138 valence electrons. The molecule has 0 aromatic heterocycles. The molecule has 0 spiro atoms. The summed E-state index contributed by atoms with van der Waals surface area (Å²) in [7, 11) is 0. The number of aryl methyl sites for hydroxylation is 2. The van der Waals surface area contributed by atoms with Gasteiger partial charge in [-0.3, -0.25) is 0 Å². The van der Waals surface area contributed by atoms with E-state index in [-0.39, 0.29) is 11.4 Å². The topological polar surface area (TPSA) is 0 Å². The van der Waals surface area contributed by atoms with Crippen molar-refractivity contribution in [2.75, 3.05) is 0 Å². The Labute approximate surface area is 158 Å². The average molecular weight is 366 g/mol. The van der Waals surface area contributed by atoms with Gasteiger partial charge in [-0.1, -0.05) is 74.0 Å². The van der Waals surface area contributed by atoms with Crippen molar-refractivity contribution in [2.45, 2.75) is 26.7 Å². The van der Waals surface area contributed by atoms with Gasteiger partial charge in [0.2, 0.25) is 0 Å². The van der Waals surface area contributed by atoms with Gasteiger partial charge in [-0.25, -0.2) is 13.2 Å². The smallest absolute Gasteiger partial charge is 0.166 e. The fourth-order valence-electron chi connectivity index (χ4n) is 2.94. The van der Waals surface area contributed by atoms with E-state index in [2.05, 4.69) is 0 Å². The van der Waals surface area contributed by atoms with Gasteiger partial charge < -0.3 is 0 Å². The molecule has 0 heterocycles. The second-order valence-corrected chi connectivity index (χ2v) is 6.61. The molecular formula is C24H21F3. The SMILES string of the molecule is CCCc1ccc(C=Cc2ccc(-c3ccc(C)c(F)c3)cc2)c(F)c1F. The maximum atomic E-state index is 14.2. The maximum Gasteiger partial charge on any atom is 0.166 e. The molecular weight excluding hydrogens is 345 g/mol. The zero-order valence-electron chi connectivity index (χ0n) is 15.4. The molecule has 0 bridgehead atoms. The molecule has 0 saturated heterocycles. The van der Waals surface area contributed by atoms with Gasteiger partial charge in [0.05, 0.1) is 0 Å². The molecule has 27 heavy (non-hydrogen) atoms. The van der Waals surface area contributed by atoms with E-state index >= 15 is 0 Å². The Morgan fingerprint density at radius 1 is 0.778 bits per heavy atom. The first-order valence-corrected chi connectivity index (χ1v) is 9.01. The highest BCUT2D eigenvalue weighted by molar-refractivity contribution is 5.72. The number of halogens is 3. The maximum absolute atomic E-state index is 14.2. The third kappa shape index (κ3) is 4.30. The summed E-state index contributed by atoms with van der Waals surface area (Å²) in [6, 6.07) is 15.9. The normalized spacial score (nSPS) is 11.3. The Balaban J connectivity index is 1.80. The van der Waals surface area contributed by atoms with Crippen molar-refractivity contribution in [1.29, 1.82) is 0 Å². The van der Waals surface area contributed by atoms with Gasteiger partial charge in [0.1, 0.15) is 5.82 Å². The minimum Gasteiger partial charge on any atom is -0.207 e. The fourth-order valence-corrected chi connectivity index (χ4v) is 2.94. The summed E-state index contributed by atoms with van der Waals surface area (Å²) in [6.45, 7) is 3.66. The number of hydrogen-bond acceptors (Lipinski definition) is 0. The molecule has 0 aliphatic carbocycles. The molecule has 0 saturated carbocycles. The Morgan fingerprint density at radius 2 is 1.48 bits per heavy atom. The second-order valence-electron chi connectivity index (χ2n) is 6.61. The highest BCUT2D eigenvalue weighted by Crippen LogP contribution is 2.24. The third-order valence-electron chi connectivity index (χ3n) is 4.58. The van der Waals surface area contributed by atoms with Gasteiger partial charge >= 0.3 is 0 Å². The molecule has 3 rings (SSSR count). The van der Waals surface area contributed by atoms with Gasteiger partial charge in [0.25, 0.3) is 0 Å². The van der Waals surface area contributed by atoms with E-state index in [1.54, 1.807) is 37.3 Å². The summed E-state index contributed by atoms with van der Waals surface area (Å²) in [5, 5.41) is 0. The molecule has 0 unspecified atom stereocenters. The van der Waals surface area contributed by atoms with Crippen molar-refractivity contribution >= 4 is 12.2 Å². The molecule has 3 aromatic rings. The van der Waals surface area contributed by atoms with Crippen LogP contribution in [-0.4, -0.2) is 0 Å². The van der Waals surface area contributed by atoms with Gasteiger partial charge in [0.15, 0.2) is 11.6 Å². The summed E-state index contributed by atoms with van der Waals surface area (Å²) in [4.78, 5) is 0. The van der Waals surface area contributed by atoms with E-state index in [9.17, 15) is 13.2 Å². The number of hydrogen-bond donors (Lipinski definition) is 0. The molecule has 0 nitrogen and oxygen atoms in total. The summed E-state index contributed by atoms with van der Waals surface area (Å²) in [5.41, 5.74) is 3.78. The van der Waals surface area contributed by atoms with Crippen molar-refractivity contribution in [1.82, 2.24) is 0 Å². The van der Waals surface area contributed by atoms with E-state index < -0.39 is 11.6 Å². The van der Waals surface area contributed by atoms with Crippen LogP contribution < -0.4 is 0 Å². The van der Waals surface area contributed by atoms with Crippen LogP contribution in [0.25, 0.3) is 23.3 Å². The standard InChI is InChI=1S/C24H21F3/c1-3-4-19-13-14-20(24(27)23(19)26)12-8-17-6-10-18(11-7-17)21-9-5-16(2)22(25)15-21/h5-15H,3-4H2,1-2H3. The summed E-state index contributed by atoms with van der Waals surface area (Å²) >= 11 is 0. The van der Waals surface area contributed by atoms with E-state index in [0.717, 1.165) is 23.1 Å². The second kappa shape index (κ2) is 8.26. The first kappa shape index (κ1) is 19.0. The minimum atomic E-state index is -0.816. The van der Waals surface area contributed by atoms with Crippen LogP contribution in [0.1, 0.15) is 35.6 Å². The lowest BCUT2D eigenvalue weighted by Crippen LogP contribution is -1.96. The highest BCUT2D eigenvalue weighted by atomic mass is 19.2. The van der Waals surface area contributed by atoms with E-state index in [0.29, 0.717) is 17.5 Å². The van der Waals surface area contributed by atoms with Crippen LogP contribution in [0.2, 0.25) is 0 Å². The third-order valence-corrected chi connectivity index (χ3v) is 4.58. The predicted octanol–water partition coefficient (Wildman–Crippen LogP) is 7.20. The van der Waals surface area contributed by atoms with Crippen LogP contribution >= 0.6 is 0 Å². The molecule has 0 N–H and O–H groups in total. The first-order chi connectivity index (χ1) is 13.0. The Hall–Kier alpha value is -2.81. The van der Waals surface area contributed by atoms with Gasteiger partial charge in [0, 0.05) is 5.56 Å². The lowest BCUT2D eigenvalue weighted by molar-refractivity contribution is 0.496. The van der Waals surface area contributed by atoms with Gasteiger partial charge in [-0.05, 0) is 47.2 Å². The van der Waals surface area contributed by atoms with Crippen LogP contribution in [0.15, 0.2) is 54.6 Å². The zero-order valence-corrected chi connectivity index (χ0v) is 15.4. The highest BCUT2D eigenvalue weighted by Gasteiger charge is 2.11. The molecule has 3 aromatic carbocycles. The van der Waals surface area contributed by atoms with Crippen LogP contribution in [0.3, 0.4) is 0 Å². The van der Waals surface area contributed by atoms with E-state index in [1.165, 1.54) is 6.07 Å². The van der Waals surface area contributed by atoms with Gasteiger partial charge in [-0.15, -0.1) is 0 Å². The molecule has 0 amide bonds. The Bertz CT molecular complexity index is 970. The predicted molar refractivity (Wildman–Crippen MR) is 106 cm³/mol. The lowest BCUT2D eigenvalue weighted by atomic mass is 10.0. The van der Waals surface area contributed by atoms with Crippen molar-refractivity contribution in [2.24, 2.45) is 0 Å². The molecule has 3 heteroatoms. The van der Waals surface area contributed by atoms with Crippen molar-refractivity contribution < 1.29 is 13.2 Å². The molecule has 0 fully saturated rings. The number of benzene rings is 3. The zero-order chi connectivity index (χ0) is 19.4. The minimum absolute atomic E-state index is 0.219. The summed E-state index contributed by atoms with van der Waals surface area (Å²) < 4.78 is 41.9. The Kier molecular flexibility index (Phi) is 5.80. The quantitative estimate of drug-likeness (QED) is 0.419. The lowest BCUT2D eigenvalue weighted by Gasteiger charge is -2.06. The van der Waals surface area contributed by atoms with Crippen molar-refractivity contribution in [3.63, 3.8) is 0 Å². The molecule has 0 aliphatic heterocycles. The molecule has 0 atom stereocenters. The van der Waals surface area contributed by atoms with Crippen LogP contribution in [0.4, 0.5) is 13.2 Å². The number of rotatable bonds is 5. The van der Waals surface area contributed by atoms with Crippen molar-refractivity contribution in [3.05, 3.63) is 94.3 Å². The summed E-state index contributed by atoms with van der Waals surface area (Å²) in [6.07, 6.45) is 4.59. The fraction of sp³-hybridized carbons (Fsp3) is 0.167. The van der Waals surface area contributed by atoms with E-state index in [1.807, 2.05) is 37.3 Å². The summed E-state index contributed by atoms with van der Waals surface area (Å²) in [5.74, 6) is -1.82. The largest absolute Gasteiger partial charge is 0.207 e. The Morgan fingerprint density at radius 3 is 2.15 bits per heavy atom. The first-order valence-electron chi connectivity index (χ1n) is 9.01. The van der Waals surface area contributed by atoms with Crippen molar-refractivity contribution in [3.8, 4) is 11.1 Å². The molecule has 0 radical (unpaired) electrons. The monoisotopic (exact) mass is 366 g/mol. The average Bonchev–Trinajstić information content (AvgIpc) is 2.68. The molecule has 0 aliphatic rings.